The van der Waals surface area contributed by atoms with E-state index in [1.165, 1.54) is 12.1 Å². The van der Waals surface area contributed by atoms with Crippen molar-refractivity contribution in [1.29, 1.82) is 0 Å². The van der Waals surface area contributed by atoms with Gasteiger partial charge in [0.1, 0.15) is 0 Å². The number of hydrazone groups is 1. The maximum atomic E-state index is 11.1. The van der Waals surface area contributed by atoms with Gasteiger partial charge in [0.2, 0.25) is 0 Å². The summed E-state index contributed by atoms with van der Waals surface area (Å²) < 4.78 is 16.8. The molecule has 0 fully saturated rings. The molecule has 3 heterocycles. The highest BCUT2D eigenvalue weighted by Crippen LogP contribution is 2.48. The molecule has 2 aliphatic rings. The van der Waals surface area contributed by atoms with Crippen molar-refractivity contribution in [2.75, 3.05) is 25.8 Å². The molecular weight excluding hydrogens is 412 g/mol. The molecule has 0 bridgehead atoms. The van der Waals surface area contributed by atoms with Crippen molar-refractivity contribution in [1.82, 2.24) is 4.90 Å². The first-order valence-corrected chi connectivity index (χ1v) is 10.2. The molecule has 0 N–H and O–H groups in total. The Balaban J connectivity index is 1.70. The largest absolute Gasteiger partial charge is 0.493 e. The highest BCUT2D eigenvalue weighted by Gasteiger charge is 2.51. The minimum Gasteiger partial charge on any atom is -0.493 e. The number of amidine groups is 1. The van der Waals surface area contributed by atoms with Gasteiger partial charge in [-0.25, -0.2) is 5.01 Å². The molecule has 2 aromatic carbocycles. The number of ether oxygens (including phenoxy) is 2. The number of furan rings is 1. The second kappa shape index (κ2) is 7.30. The van der Waals surface area contributed by atoms with Gasteiger partial charge in [0.05, 0.1) is 31.1 Å². The number of nitrogens with zero attached hydrogens (tertiary/aromatic N) is 4. The zero-order valence-corrected chi connectivity index (χ0v) is 17.9. The molecule has 0 saturated carbocycles. The summed E-state index contributed by atoms with van der Waals surface area (Å²) in [5.74, 6) is 2.67. The van der Waals surface area contributed by atoms with E-state index in [0.717, 1.165) is 23.2 Å². The fourth-order valence-electron chi connectivity index (χ4n) is 4.56. The van der Waals surface area contributed by atoms with Gasteiger partial charge < -0.3 is 18.8 Å². The van der Waals surface area contributed by atoms with E-state index < -0.39 is 10.6 Å². The molecule has 9 nitrogen and oxygen atoms in total. The Kier molecular flexibility index (Phi) is 4.54. The number of fused-ring (bicyclic) bond motifs is 3. The summed E-state index contributed by atoms with van der Waals surface area (Å²) in [4.78, 5) is 12.9. The molecule has 1 aromatic heterocycles. The van der Waals surface area contributed by atoms with Gasteiger partial charge in [0.25, 0.3) is 5.69 Å². The third-order valence-electron chi connectivity index (χ3n) is 6.16. The third-order valence-corrected chi connectivity index (χ3v) is 6.16. The summed E-state index contributed by atoms with van der Waals surface area (Å²) in [5, 5.41) is 18.0. The molecule has 0 spiro atoms. The molecule has 5 rings (SSSR count). The number of methoxy groups -OCH3 is 2. The van der Waals surface area contributed by atoms with E-state index in [2.05, 4.69) is 11.8 Å². The van der Waals surface area contributed by atoms with Crippen LogP contribution in [0, 0.1) is 10.1 Å². The monoisotopic (exact) mass is 434 g/mol. The van der Waals surface area contributed by atoms with Crippen molar-refractivity contribution in [3.63, 3.8) is 0 Å². The standard InChI is InChI=1S/C23H22N4O5/c1-23-18-14-21(31-3)20(30-2)13-15(18)10-11-25(23)22(19-5-4-12-32-19)24-26(23)16-6-8-17(9-7-16)27(28)29/h4-9,12-14H,10-11H2,1-3H3. The molecule has 0 saturated heterocycles. The molecule has 164 valence electrons. The lowest BCUT2D eigenvalue weighted by atomic mass is 9.87. The zero-order valence-electron chi connectivity index (χ0n) is 17.9. The summed E-state index contributed by atoms with van der Waals surface area (Å²) in [6.07, 6.45) is 2.41. The van der Waals surface area contributed by atoms with E-state index in [4.69, 9.17) is 19.0 Å². The van der Waals surface area contributed by atoms with Gasteiger partial charge in [0, 0.05) is 24.2 Å². The van der Waals surface area contributed by atoms with Crippen LogP contribution in [0.25, 0.3) is 0 Å². The van der Waals surface area contributed by atoms with E-state index in [-0.39, 0.29) is 5.69 Å². The normalized spacial score (nSPS) is 19.3. The number of hydrogen-bond acceptors (Lipinski definition) is 8. The number of nitro benzene ring substituents is 1. The fraction of sp³-hybridized carbons (Fsp3) is 0.261. The first-order chi connectivity index (χ1) is 15.5. The maximum absolute atomic E-state index is 11.1. The SMILES string of the molecule is COc1cc2c(cc1OC)C1(C)N(CC2)C(c2ccco2)=NN1c1ccc([N+](=O)[O-])cc1. The van der Waals surface area contributed by atoms with E-state index in [1.807, 2.05) is 29.3 Å². The van der Waals surface area contributed by atoms with Crippen LogP contribution in [0.2, 0.25) is 0 Å². The molecule has 0 amide bonds. The highest BCUT2D eigenvalue weighted by molar-refractivity contribution is 6.00. The molecule has 1 unspecified atom stereocenters. The molecule has 1 atom stereocenters. The molecule has 9 heteroatoms. The minimum atomic E-state index is -0.703. The lowest BCUT2D eigenvalue weighted by Gasteiger charge is -2.46. The van der Waals surface area contributed by atoms with Crippen molar-refractivity contribution in [2.45, 2.75) is 19.0 Å². The third kappa shape index (κ3) is 2.81. The van der Waals surface area contributed by atoms with Crippen LogP contribution in [0.1, 0.15) is 23.8 Å². The Morgan fingerprint density at radius 3 is 2.47 bits per heavy atom. The van der Waals surface area contributed by atoms with Crippen LogP contribution in [0.15, 0.2) is 64.3 Å². The maximum Gasteiger partial charge on any atom is 0.269 e. The lowest BCUT2D eigenvalue weighted by Crippen LogP contribution is -2.54. The highest BCUT2D eigenvalue weighted by atomic mass is 16.6. The first kappa shape index (κ1) is 19.9. The predicted octanol–water partition coefficient (Wildman–Crippen LogP) is 4.12. The second-order valence-corrected chi connectivity index (χ2v) is 7.77. The second-order valence-electron chi connectivity index (χ2n) is 7.77. The lowest BCUT2D eigenvalue weighted by molar-refractivity contribution is -0.384. The minimum absolute atomic E-state index is 0.0284. The van der Waals surface area contributed by atoms with Crippen LogP contribution < -0.4 is 14.5 Å². The van der Waals surface area contributed by atoms with Crippen LogP contribution in [0.3, 0.4) is 0 Å². The van der Waals surface area contributed by atoms with Crippen molar-refractivity contribution in [3.05, 3.63) is 81.8 Å². The average molecular weight is 434 g/mol. The molecule has 0 radical (unpaired) electrons. The Morgan fingerprint density at radius 2 is 1.84 bits per heavy atom. The Morgan fingerprint density at radius 1 is 1.12 bits per heavy atom. The summed E-state index contributed by atoms with van der Waals surface area (Å²) >= 11 is 0. The quantitative estimate of drug-likeness (QED) is 0.440. The fourth-order valence-corrected chi connectivity index (χ4v) is 4.56. The van der Waals surface area contributed by atoms with Crippen molar-refractivity contribution in [2.24, 2.45) is 5.10 Å². The smallest absolute Gasteiger partial charge is 0.269 e. The number of anilines is 1. The van der Waals surface area contributed by atoms with Gasteiger partial charge >= 0.3 is 0 Å². The summed E-state index contributed by atoms with van der Waals surface area (Å²) in [7, 11) is 3.23. The number of nitro groups is 1. The molecule has 32 heavy (non-hydrogen) atoms. The van der Waals surface area contributed by atoms with Crippen LogP contribution >= 0.6 is 0 Å². The van der Waals surface area contributed by atoms with Crippen molar-refractivity contribution < 1.29 is 18.8 Å². The van der Waals surface area contributed by atoms with E-state index >= 15 is 0 Å². The molecular formula is C23H22N4O5. The topological polar surface area (TPSA) is 93.6 Å². The van der Waals surface area contributed by atoms with Crippen molar-refractivity contribution >= 4 is 17.2 Å². The van der Waals surface area contributed by atoms with Crippen LogP contribution in [-0.4, -0.2) is 36.4 Å². The van der Waals surface area contributed by atoms with Gasteiger partial charge in [0.15, 0.2) is 28.8 Å². The van der Waals surface area contributed by atoms with E-state index in [1.54, 1.807) is 32.6 Å². The van der Waals surface area contributed by atoms with Gasteiger partial charge in [-0.05, 0) is 55.3 Å². The number of rotatable bonds is 5. The van der Waals surface area contributed by atoms with E-state index in [0.29, 0.717) is 29.6 Å². The average Bonchev–Trinajstić information content (AvgIpc) is 3.44. The summed E-state index contributed by atoms with van der Waals surface area (Å²) in [6, 6.07) is 14.1. The van der Waals surface area contributed by atoms with Crippen molar-refractivity contribution in [3.8, 4) is 11.5 Å². The van der Waals surface area contributed by atoms with Gasteiger partial charge in [-0.15, -0.1) is 5.10 Å². The Bertz CT molecular complexity index is 1210. The van der Waals surface area contributed by atoms with Gasteiger partial charge in [-0.2, -0.15) is 0 Å². The van der Waals surface area contributed by atoms with Gasteiger partial charge in [-0.1, -0.05) is 0 Å². The van der Waals surface area contributed by atoms with Gasteiger partial charge in [-0.3, -0.25) is 10.1 Å². The van der Waals surface area contributed by atoms with Crippen LogP contribution in [0.4, 0.5) is 11.4 Å². The number of benzene rings is 2. The van der Waals surface area contributed by atoms with Crippen LogP contribution in [0.5, 0.6) is 11.5 Å². The Hall–Kier alpha value is -4.01. The summed E-state index contributed by atoms with van der Waals surface area (Å²) in [5.41, 5.74) is 2.20. The van der Waals surface area contributed by atoms with Crippen LogP contribution in [-0.2, 0) is 12.1 Å². The molecule has 2 aliphatic heterocycles. The molecule has 3 aromatic rings. The first-order valence-electron chi connectivity index (χ1n) is 10.2. The number of non-ortho nitro benzene ring substituents is 1. The predicted molar refractivity (Wildman–Crippen MR) is 118 cm³/mol. The zero-order chi connectivity index (χ0) is 22.5. The molecule has 0 aliphatic carbocycles. The Labute approximate surface area is 184 Å². The number of hydrogen-bond donors (Lipinski definition) is 0. The summed E-state index contributed by atoms with van der Waals surface area (Å²) in [6.45, 7) is 2.79. The van der Waals surface area contributed by atoms with E-state index in [9.17, 15) is 10.1 Å².